The Kier molecular flexibility index (Phi) is 11.7. The lowest BCUT2D eigenvalue weighted by molar-refractivity contribution is -0.273. The molecule has 2 fully saturated rings. The number of aliphatic hydroxyl groups excluding tert-OH is 1. The molecule has 2 amide bonds. The number of carbonyl (C=O) groups excluding carboxylic acids is 2. The van der Waals surface area contributed by atoms with Crippen molar-refractivity contribution in [2.75, 3.05) is 39.6 Å². The van der Waals surface area contributed by atoms with Crippen LogP contribution in [0.2, 0.25) is 0 Å². The standard InChI is InChI=1S/C38H47N3O10S/c1-38(2,17-9-18-39-35(43)27-12-7-4-8-13-27)24-40(52(46,47)28-14-15-33-34(21-28)51-25-50-33)22-32(42)30(20-26-10-5-3-6-11-26)41(37(44)45)31-23-49-36-29(31)16-19-48-36/h3-8,10-15,21,29-32,36,42H,9,16-20,22-25H2,1-2H3,(H,39,43)(H,44,45)/p-1/t29-,30-,31-,32+,36+/m0/s1. The van der Waals surface area contributed by atoms with Crippen LogP contribution < -0.4 is 19.9 Å². The first kappa shape index (κ1) is 37.5. The number of rotatable bonds is 16. The van der Waals surface area contributed by atoms with Crippen molar-refractivity contribution < 1.29 is 47.2 Å². The molecule has 3 aliphatic heterocycles. The van der Waals surface area contributed by atoms with Gasteiger partial charge in [-0.2, -0.15) is 4.31 Å². The number of carboxylic acid groups (broad SMARTS) is 1. The van der Waals surface area contributed by atoms with Crippen molar-refractivity contribution in [1.29, 1.82) is 0 Å². The Bertz CT molecular complexity index is 1790. The zero-order valence-electron chi connectivity index (χ0n) is 29.4. The smallest absolute Gasteiger partial charge is 0.251 e. The minimum Gasteiger partial charge on any atom is -0.530 e. The maximum atomic E-state index is 14.5. The number of ether oxygens (including phenoxy) is 4. The van der Waals surface area contributed by atoms with Gasteiger partial charge in [0.15, 0.2) is 17.8 Å². The summed E-state index contributed by atoms with van der Waals surface area (Å²) in [4.78, 5) is 26.6. The number of hydrogen-bond acceptors (Lipinski definition) is 10. The van der Waals surface area contributed by atoms with Gasteiger partial charge in [-0.25, -0.2) is 8.42 Å². The van der Waals surface area contributed by atoms with Gasteiger partial charge in [0.05, 0.1) is 36.3 Å². The summed E-state index contributed by atoms with van der Waals surface area (Å²) in [5.74, 6) is 0.260. The Labute approximate surface area is 304 Å². The highest BCUT2D eigenvalue weighted by Crippen LogP contribution is 2.38. The van der Waals surface area contributed by atoms with Crippen molar-refractivity contribution in [3.05, 3.63) is 90.0 Å². The van der Waals surface area contributed by atoms with Crippen molar-refractivity contribution >= 4 is 22.0 Å². The Morgan fingerprint density at radius 3 is 2.44 bits per heavy atom. The van der Waals surface area contributed by atoms with Gasteiger partial charge in [-0.05, 0) is 60.9 Å². The average Bonchev–Trinajstić information content (AvgIpc) is 3.89. The fraction of sp³-hybridized carbons (Fsp3) is 0.474. The summed E-state index contributed by atoms with van der Waals surface area (Å²) in [6.45, 7) is 4.25. The number of sulfonamides is 1. The van der Waals surface area contributed by atoms with E-state index in [1.54, 1.807) is 24.3 Å². The summed E-state index contributed by atoms with van der Waals surface area (Å²) in [6, 6.07) is 20.7. The van der Waals surface area contributed by atoms with E-state index in [0.717, 1.165) is 10.5 Å². The number of nitrogens with one attached hydrogen (secondary N) is 1. The lowest BCUT2D eigenvalue weighted by Crippen LogP contribution is -2.61. The quantitative estimate of drug-likeness (QED) is 0.209. The monoisotopic (exact) mass is 736 g/mol. The molecule has 3 aliphatic rings. The van der Waals surface area contributed by atoms with E-state index in [-0.39, 0.29) is 48.8 Å². The first-order valence-corrected chi connectivity index (χ1v) is 19.0. The molecule has 2 saturated heterocycles. The van der Waals surface area contributed by atoms with Crippen molar-refractivity contribution in [2.45, 2.75) is 68.9 Å². The summed E-state index contributed by atoms with van der Waals surface area (Å²) in [6.07, 6.45) is -1.72. The lowest BCUT2D eigenvalue weighted by atomic mass is 9.87. The normalized spacial score (nSPS) is 20.7. The van der Waals surface area contributed by atoms with Crippen molar-refractivity contribution in [1.82, 2.24) is 14.5 Å². The number of hydrogen-bond donors (Lipinski definition) is 2. The molecule has 13 nitrogen and oxygen atoms in total. The van der Waals surface area contributed by atoms with Crippen LogP contribution in [-0.2, 0) is 25.9 Å². The Morgan fingerprint density at radius 1 is 1.00 bits per heavy atom. The van der Waals surface area contributed by atoms with Crippen LogP contribution in [0.3, 0.4) is 0 Å². The molecule has 0 aliphatic carbocycles. The van der Waals surface area contributed by atoms with Crippen LogP contribution in [0, 0.1) is 11.3 Å². The van der Waals surface area contributed by atoms with Gasteiger partial charge in [-0.3, -0.25) is 4.79 Å². The molecule has 0 bridgehead atoms. The molecule has 0 unspecified atom stereocenters. The molecule has 3 aromatic rings. The number of nitrogens with zero attached hydrogens (tertiary/aromatic N) is 2. The lowest BCUT2D eigenvalue weighted by Gasteiger charge is -2.43. The third-order valence-electron chi connectivity index (χ3n) is 9.99. The first-order valence-electron chi connectivity index (χ1n) is 17.6. The van der Waals surface area contributed by atoms with E-state index in [9.17, 15) is 28.2 Å². The second-order valence-electron chi connectivity index (χ2n) is 14.3. The average molecular weight is 737 g/mol. The van der Waals surface area contributed by atoms with Crippen molar-refractivity contribution in [3.8, 4) is 11.5 Å². The van der Waals surface area contributed by atoms with Crippen molar-refractivity contribution in [2.24, 2.45) is 11.3 Å². The third kappa shape index (κ3) is 8.69. The minimum atomic E-state index is -4.27. The van der Waals surface area contributed by atoms with Crippen molar-refractivity contribution in [3.63, 3.8) is 0 Å². The Morgan fingerprint density at radius 2 is 1.71 bits per heavy atom. The highest BCUT2D eigenvalue weighted by atomic mass is 32.2. The molecule has 280 valence electrons. The van der Waals surface area contributed by atoms with E-state index in [2.05, 4.69) is 5.32 Å². The first-order chi connectivity index (χ1) is 24.9. The molecule has 5 atom stereocenters. The van der Waals surface area contributed by atoms with E-state index in [4.69, 9.17) is 18.9 Å². The molecule has 52 heavy (non-hydrogen) atoms. The van der Waals surface area contributed by atoms with Gasteiger partial charge in [0, 0.05) is 37.2 Å². The number of carbonyl (C=O) groups is 2. The van der Waals surface area contributed by atoms with Crippen LogP contribution in [0.5, 0.6) is 11.5 Å². The molecule has 0 spiro atoms. The number of aliphatic hydroxyl groups is 1. The predicted octanol–water partition coefficient (Wildman–Crippen LogP) is 3.02. The van der Waals surface area contributed by atoms with Crippen LogP contribution >= 0.6 is 0 Å². The predicted molar refractivity (Wildman–Crippen MR) is 188 cm³/mol. The third-order valence-corrected chi connectivity index (χ3v) is 11.8. The SMILES string of the molecule is CC(C)(CCCNC(=O)c1ccccc1)CN(C[C@@H](O)[C@H](Cc1ccccc1)N(C(=O)[O-])[C@H]1CO[C@H]2OCC[C@H]21)S(=O)(=O)c1ccc2c(c1)OCO2. The number of fused-ring (bicyclic) bond motifs is 2. The molecule has 6 rings (SSSR count). The van der Waals surface area contributed by atoms with Crippen LogP contribution in [-0.4, -0.2) is 98.8 Å². The molecule has 3 aromatic carbocycles. The van der Waals surface area contributed by atoms with Crippen LogP contribution in [0.25, 0.3) is 0 Å². The fourth-order valence-corrected chi connectivity index (χ4v) is 8.96. The van der Waals surface area contributed by atoms with Crippen LogP contribution in [0.4, 0.5) is 4.79 Å². The zero-order valence-corrected chi connectivity index (χ0v) is 30.2. The van der Waals surface area contributed by atoms with Gasteiger partial charge in [0.1, 0.15) is 6.09 Å². The largest absolute Gasteiger partial charge is 0.530 e. The molecule has 2 N–H and O–H groups in total. The van der Waals surface area contributed by atoms with Crippen LogP contribution in [0.15, 0.2) is 83.8 Å². The van der Waals surface area contributed by atoms with Gasteiger partial charge in [0.25, 0.3) is 5.91 Å². The molecular weight excluding hydrogens is 690 g/mol. The fourth-order valence-electron chi connectivity index (χ4n) is 7.30. The summed E-state index contributed by atoms with van der Waals surface area (Å²) < 4.78 is 52.5. The van der Waals surface area contributed by atoms with E-state index < -0.39 is 52.6 Å². The molecule has 0 aromatic heterocycles. The molecular formula is C38H46N3O10S-. The maximum Gasteiger partial charge on any atom is 0.251 e. The number of amides is 2. The molecule has 3 heterocycles. The maximum absolute atomic E-state index is 14.5. The molecule has 14 heteroatoms. The van der Waals surface area contributed by atoms with E-state index in [0.29, 0.717) is 43.7 Å². The second kappa shape index (κ2) is 16.2. The van der Waals surface area contributed by atoms with E-state index in [1.165, 1.54) is 22.5 Å². The van der Waals surface area contributed by atoms with Gasteiger partial charge in [-0.15, -0.1) is 0 Å². The van der Waals surface area contributed by atoms with Gasteiger partial charge >= 0.3 is 0 Å². The number of benzene rings is 3. The van der Waals surface area contributed by atoms with E-state index >= 15 is 0 Å². The second-order valence-corrected chi connectivity index (χ2v) is 16.2. The Balaban J connectivity index is 1.26. The van der Waals surface area contributed by atoms with Gasteiger partial charge in [0.2, 0.25) is 16.8 Å². The van der Waals surface area contributed by atoms with Gasteiger partial charge < -0.3 is 44.2 Å². The summed E-state index contributed by atoms with van der Waals surface area (Å²) in [5, 5.41) is 28.0. The Hall–Kier alpha value is -4.21. The topological polar surface area (TPSA) is 167 Å². The summed E-state index contributed by atoms with van der Waals surface area (Å²) in [7, 11) is -4.27. The minimum absolute atomic E-state index is 0.0120. The summed E-state index contributed by atoms with van der Waals surface area (Å²) >= 11 is 0. The molecule has 0 saturated carbocycles. The molecule has 0 radical (unpaired) electrons. The van der Waals surface area contributed by atoms with Crippen LogP contribution in [0.1, 0.15) is 49.0 Å². The highest BCUT2D eigenvalue weighted by molar-refractivity contribution is 7.89. The summed E-state index contributed by atoms with van der Waals surface area (Å²) in [5.41, 5.74) is 0.684. The zero-order chi connectivity index (χ0) is 36.9. The van der Waals surface area contributed by atoms with E-state index in [1.807, 2.05) is 50.2 Å². The highest BCUT2D eigenvalue weighted by Gasteiger charge is 2.47. The van der Waals surface area contributed by atoms with Gasteiger partial charge in [-0.1, -0.05) is 62.4 Å².